The van der Waals surface area contributed by atoms with Crippen LogP contribution in [-0.2, 0) is 5.54 Å². The molecule has 0 atom stereocenters. The van der Waals surface area contributed by atoms with Gasteiger partial charge in [0.15, 0.2) is 0 Å². The Kier molecular flexibility index (Phi) is 5.21. The van der Waals surface area contributed by atoms with E-state index in [1.165, 1.54) is 0 Å². The number of hydrogen-bond acceptors (Lipinski definition) is 3. The van der Waals surface area contributed by atoms with Crippen LogP contribution in [0.25, 0.3) is 33.3 Å². The van der Waals surface area contributed by atoms with Crippen LogP contribution in [0.15, 0.2) is 71.7 Å². The number of pyridine rings is 2. The van der Waals surface area contributed by atoms with Crippen LogP contribution in [0, 0.1) is 3.57 Å². The number of aromatic nitrogens is 2. The Balaban J connectivity index is 1.67. The lowest BCUT2D eigenvalue weighted by atomic mass is 9.71. The molecule has 1 aliphatic carbocycles. The molecule has 2 aromatic heterocycles. The average molecular weight is 537 g/mol. The molecule has 2 heterocycles. The van der Waals surface area contributed by atoms with Gasteiger partial charge in [0, 0.05) is 17.3 Å². The van der Waals surface area contributed by atoms with Gasteiger partial charge in [-0.05, 0) is 59.0 Å². The van der Waals surface area contributed by atoms with E-state index in [2.05, 4.69) is 32.9 Å². The van der Waals surface area contributed by atoms with Crippen LogP contribution in [0.3, 0.4) is 0 Å². The SMILES string of the molecule is O=C(O)NC1(c2ccc(-c3nc4c(I)c[nH]c(=O)c4cc3-c3ccccc3)cc2)CCC1. The molecule has 4 aromatic rings. The van der Waals surface area contributed by atoms with Gasteiger partial charge in [-0.2, -0.15) is 0 Å². The smallest absolute Gasteiger partial charge is 0.405 e. The summed E-state index contributed by atoms with van der Waals surface area (Å²) in [6.45, 7) is 0. The van der Waals surface area contributed by atoms with Crippen LogP contribution < -0.4 is 10.9 Å². The highest BCUT2D eigenvalue weighted by Crippen LogP contribution is 2.42. The number of amides is 1. The molecule has 32 heavy (non-hydrogen) atoms. The number of hydrogen-bond donors (Lipinski definition) is 3. The highest BCUT2D eigenvalue weighted by atomic mass is 127. The van der Waals surface area contributed by atoms with Crippen molar-refractivity contribution < 1.29 is 9.90 Å². The van der Waals surface area contributed by atoms with Gasteiger partial charge >= 0.3 is 6.09 Å². The van der Waals surface area contributed by atoms with Crippen molar-refractivity contribution in [2.24, 2.45) is 0 Å². The van der Waals surface area contributed by atoms with Crippen molar-refractivity contribution in [3.8, 4) is 22.4 Å². The maximum Gasteiger partial charge on any atom is 0.405 e. The van der Waals surface area contributed by atoms with E-state index in [1.807, 2.05) is 60.7 Å². The lowest BCUT2D eigenvalue weighted by Gasteiger charge is -2.42. The molecule has 1 amide bonds. The quantitative estimate of drug-likeness (QED) is 0.300. The minimum absolute atomic E-state index is 0.168. The summed E-state index contributed by atoms with van der Waals surface area (Å²) in [5, 5.41) is 12.5. The average Bonchev–Trinajstić information content (AvgIpc) is 2.79. The van der Waals surface area contributed by atoms with Crippen LogP contribution in [0.2, 0.25) is 0 Å². The largest absolute Gasteiger partial charge is 0.465 e. The predicted octanol–water partition coefficient (Wildman–Crippen LogP) is 5.51. The molecule has 2 aromatic carbocycles. The van der Waals surface area contributed by atoms with Gasteiger partial charge in [0.25, 0.3) is 5.56 Å². The first-order valence-corrected chi connectivity index (χ1v) is 11.4. The molecule has 1 saturated carbocycles. The van der Waals surface area contributed by atoms with Crippen LogP contribution in [-0.4, -0.2) is 21.2 Å². The van der Waals surface area contributed by atoms with Crippen LogP contribution in [0.1, 0.15) is 24.8 Å². The van der Waals surface area contributed by atoms with Crippen LogP contribution in [0.5, 0.6) is 0 Å². The molecule has 1 aliphatic rings. The summed E-state index contributed by atoms with van der Waals surface area (Å²) in [7, 11) is 0. The highest BCUT2D eigenvalue weighted by molar-refractivity contribution is 14.1. The summed E-state index contributed by atoms with van der Waals surface area (Å²) >= 11 is 2.18. The summed E-state index contributed by atoms with van der Waals surface area (Å²) in [6.07, 6.45) is 3.26. The molecular formula is C25H20IN3O3. The minimum atomic E-state index is -1.00. The van der Waals surface area contributed by atoms with Crippen LogP contribution >= 0.6 is 22.6 Å². The monoisotopic (exact) mass is 537 g/mol. The second-order valence-electron chi connectivity index (χ2n) is 8.06. The summed E-state index contributed by atoms with van der Waals surface area (Å²) < 4.78 is 0.869. The number of nitrogens with zero attached hydrogens (tertiary/aromatic N) is 1. The zero-order chi connectivity index (χ0) is 22.3. The molecule has 160 valence electrons. The molecule has 6 nitrogen and oxygen atoms in total. The number of H-pyrrole nitrogens is 1. The lowest BCUT2D eigenvalue weighted by Crippen LogP contribution is -2.50. The molecule has 1 fully saturated rings. The van der Waals surface area contributed by atoms with Gasteiger partial charge < -0.3 is 15.4 Å². The first kappa shape index (κ1) is 20.7. The fraction of sp³-hybridized carbons (Fsp3) is 0.160. The number of nitrogens with one attached hydrogen (secondary N) is 2. The molecule has 0 radical (unpaired) electrons. The van der Waals surface area contributed by atoms with Crippen molar-refractivity contribution in [3.05, 3.63) is 86.3 Å². The Hall–Kier alpha value is -3.20. The van der Waals surface area contributed by atoms with Gasteiger partial charge in [-0.1, -0.05) is 54.6 Å². The third-order valence-corrected chi connectivity index (χ3v) is 6.99. The molecule has 0 saturated heterocycles. The molecule has 0 unspecified atom stereocenters. The van der Waals surface area contributed by atoms with Gasteiger partial charge in [0.1, 0.15) is 0 Å². The normalized spacial score (nSPS) is 14.7. The highest BCUT2D eigenvalue weighted by Gasteiger charge is 2.40. The predicted molar refractivity (Wildman–Crippen MR) is 133 cm³/mol. The molecule has 0 spiro atoms. The third kappa shape index (κ3) is 3.56. The summed E-state index contributed by atoms with van der Waals surface area (Å²) in [5.41, 5.74) is 4.50. The summed E-state index contributed by atoms with van der Waals surface area (Å²) in [4.78, 5) is 31.5. The van der Waals surface area contributed by atoms with Crippen molar-refractivity contribution in [3.63, 3.8) is 0 Å². The van der Waals surface area contributed by atoms with E-state index in [0.717, 1.165) is 50.8 Å². The molecule has 0 aliphatic heterocycles. The third-order valence-electron chi connectivity index (χ3n) is 6.17. The van der Waals surface area contributed by atoms with Gasteiger partial charge in [-0.25, -0.2) is 9.78 Å². The van der Waals surface area contributed by atoms with Gasteiger partial charge in [-0.15, -0.1) is 0 Å². The zero-order valence-corrected chi connectivity index (χ0v) is 19.2. The number of benzene rings is 2. The number of rotatable bonds is 4. The van der Waals surface area contributed by atoms with Crippen molar-refractivity contribution in [2.45, 2.75) is 24.8 Å². The fourth-order valence-electron chi connectivity index (χ4n) is 4.37. The number of halogens is 1. The van der Waals surface area contributed by atoms with E-state index in [9.17, 15) is 14.7 Å². The van der Waals surface area contributed by atoms with E-state index >= 15 is 0 Å². The Labute approximate surface area is 197 Å². The maximum absolute atomic E-state index is 12.5. The Morgan fingerprint density at radius 2 is 1.78 bits per heavy atom. The standard InChI is InChI=1S/C25H20IN3O3/c26-20-14-27-23(30)19-13-18(15-5-2-1-3-6-15)21(28-22(19)20)16-7-9-17(10-8-16)25(11-4-12-25)29-24(31)32/h1-3,5-10,13-14,29H,4,11-12H2,(H,27,30)(H,31,32). The second kappa shape index (κ2) is 8.05. The van der Waals surface area contributed by atoms with Gasteiger partial charge in [0.2, 0.25) is 0 Å². The van der Waals surface area contributed by atoms with Crippen LogP contribution in [0.4, 0.5) is 4.79 Å². The number of carbonyl (C=O) groups is 1. The number of fused-ring (bicyclic) bond motifs is 1. The molecule has 0 bridgehead atoms. The van der Waals surface area contributed by atoms with Crippen molar-refractivity contribution >= 4 is 39.6 Å². The summed E-state index contributed by atoms with van der Waals surface area (Å²) in [6, 6.07) is 19.7. The van der Waals surface area contributed by atoms with Gasteiger partial charge in [0.05, 0.1) is 25.7 Å². The Bertz CT molecular complexity index is 1380. The molecule has 5 rings (SSSR count). The van der Waals surface area contributed by atoms with E-state index in [1.54, 1.807) is 6.20 Å². The Morgan fingerprint density at radius 3 is 2.41 bits per heavy atom. The zero-order valence-electron chi connectivity index (χ0n) is 17.1. The first-order chi connectivity index (χ1) is 15.5. The number of aromatic amines is 1. The van der Waals surface area contributed by atoms with E-state index in [4.69, 9.17) is 4.98 Å². The molecule has 3 N–H and O–H groups in total. The van der Waals surface area contributed by atoms with Crippen molar-refractivity contribution in [1.29, 1.82) is 0 Å². The lowest BCUT2D eigenvalue weighted by molar-refractivity contribution is 0.144. The minimum Gasteiger partial charge on any atom is -0.465 e. The Morgan fingerprint density at radius 1 is 1.06 bits per heavy atom. The first-order valence-electron chi connectivity index (χ1n) is 10.4. The summed E-state index contributed by atoms with van der Waals surface area (Å²) in [5.74, 6) is 0. The van der Waals surface area contributed by atoms with Crippen molar-refractivity contribution in [1.82, 2.24) is 15.3 Å². The van der Waals surface area contributed by atoms with E-state index in [-0.39, 0.29) is 5.56 Å². The molecule has 7 heteroatoms. The van der Waals surface area contributed by atoms with Gasteiger partial charge in [-0.3, -0.25) is 4.79 Å². The van der Waals surface area contributed by atoms with E-state index < -0.39 is 11.6 Å². The number of carboxylic acid groups (broad SMARTS) is 1. The molecular weight excluding hydrogens is 517 g/mol. The van der Waals surface area contributed by atoms with Crippen molar-refractivity contribution in [2.75, 3.05) is 0 Å². The maximum atomic E-state index is 12.5. The topological polar surface area (TPSA) is 95.1 Å². The fourth-order valence-corrected chi connectivity index (χ4v) is 4.94. The van der Waals surface area contributed by atoms with E-state index in [0.29, 0.717) is 10.9 Å². The second-order valence-corrected chi connectivity index (χ2v) is 9.22.